The molecule has 0 spiro atoms. The molecule has 0 saturated carbocycles. The highest BCUT2D eigenvalue weighted by Crippen LogP contribution is 2.28. The number of aromatic nitrogens is 3. The average Bonchev–Trinajstić information content (AvgIpc) is 3.20. The van der Waals surface area contributed by atoms with Gasteiger partial charge in [-0.1, -0.05) is 36.2 Å². The lowest BCUT2D eigenvalue weighted by Crippen LogP contribution is -2.39. The Bertz CT molecular complexity index is 856. The Labute approximate surface area is 154 Å². The summed E-state index contributed by atoms with van der Waals surface area (Å²) in [6.45, 7) is 1.49. The zero-order valence-electron chi connectivity index (χ0n) is 14.2. The van der Waals surface area contributed by atoms with Gasteiger partial charge in [0.25, 0.3) is 5.91 Å². The summed E-state index contributed by atoms with van der Waals surface area (Å²) in [6, 6.07) is 6.99. The van der Waals surface area contributed by atoms with Gasteiger partial charge in [0.2, 0.25) is 5.67 Å². The van der Waals surface area contributed by atoms with E-state index in [1.165, 1.54) is 4.90 Å². The van der Waals surface area contributed by atoms with Crippen molar-refractivity contribution in [1.82, 2.24) is 19.9 Å². The highest BCUT2D eigenvalue weighted by atomic mass is 35.5. The highest BCUT2D eigenvalue weighted by molar-refractivity contribution is 6.30. The van der Waals surface area contributed by atoms with E-state index in [0.717, 1.165) is 6.42 Å². The number of likely N-dealkylation sites (tertiary alicyclic amines) is 1. The van der Waals surface area contributed by atoms with E-state index in [9.17, 15) is 14.0 Å². The molecule has 9 heteroatoms. The fraction of sp³-hybridized carbons (Fsp3) is 0.412. The summed E-state index contributed by atoms with van der Waals surface area (Å²) in [5, 5.41) is 17.6. The first-order chi connectivity index (χ1) is 12.4. The molecule has 1 aromatic heterocycles. The molecular weight excluding hydrogens is 363 g/mol. The largest absolute Gasteiger partial charge is 0.479 e. The normalized spacial score (nSPS) is 19.7. The molecule has 3 rings (SSSR count). The maximum absolute atomic E-state index is 14.3. The predicted octanol–water partition coefficient (Wildman–Crippen LogP) is 2.51. The number of nitrogens with zero attached hydrogens (tertiary/aromatic N) is 4. The summed E-state index contributed by atoms with van der Waals surface area (Å²) in [5.41, 5.74) is -1.05. The third-order valence-corrected chi connectivity index (χ3v) is 4.63. The molecule has 26 heavy (non-hydrogen) atoms. The van der Waals surface area contributed by atoms with Crippen LogP contribution in [0, 0.1) is 0 Å². The Morgan fingerprint density at radius 2 is 2.19 bits per heavy atom. The fourth-order valence-corrected chi connectivity index (χ4v) is 3.20. The van der Waals surface area contributed by atoms with Crippen molar-refractivity contribution < 1.29 is 19.1 Å². The average molecular weight is 381 g/mol. The highest BCUT2D eigenvalue weighted by Gasteiger charge is 2.47. The van der Waals surface area contributed by atoms with Gasteiger partial charge in [-0.2, -0.15) is 0 Å². The lowest BCUT2D eigenvalue weighted by Gasteiger charge is -2.17. The van der Waals surface area contributed by atoms with Gasteiger partial charge in [-0.15, -0.1) is 5.10 Å². The smallest absolute Gasteiger partial charge is 0.343 e. The summed E-state index contributed by atoms with van der Waals surface area (Å²) in [6.07, 6.45) is 1.05. The topological polar surface area (TPSA) is 88.3 Å². The summed E-state index contributed by atoms with van der Waals surface area (Å²) in [4.78, 5) is 25.0. The third kappa shape index (κ3) is 3.29. The monoisotopic (exact) mass is 380 g/mol. The van der Waals surface area contributed by atoms with Gasteiger partial charge < -0.3 is 10.0 Å². The Kier molecular flexibility index (Phi) is 4.95. The molecule has 0 radical (unpaired) electrons. The van der Waals surface area contributed by atoms with E-state index in [1.54, 1.807) is 28.9 Å². The van der Waals surface area contributed by atoms with Crippen LogP contribution in [-0.4, -0.2) is 55.6 Å². The Morgan fingerprint density at radius 1 is 1.42 bits per heavy atom. The Balaban J connectivity index is 1.93. The minimum absolute atomic E-state index is 0.0250. The predicted molar refractivity (Wildman–Crippen MR) is 92.4 cm³/mol. The molecule has 2 aromatic rings. The minimum Gasteiger partial charge on any atom is -0.479 e. The summed E-state index contributed by atoms with van der Waals surface area (Å²) >= 11 is 6.02. The van der Waals surface area contributed by atoms with Gasteiger partial charge in [0, 0.05) is 18.0 Å². The number of carboxylic acid groups (broad SMARTS) is 1. The second kappa shape index (κ2) is 7.03. The molecule has 1 atom stereocenters. The second-order valence-corrected chi connectivity index (χ2v) is 6.71. The van der Waals surface area contributed by atoms with Crippen molar-refractivity contribution in [2.75, 3.05) is 13.1 Å². The second-order valence-electron chi connectivity index (χ2n) is 6.27. The van der Waals surface area contributed by atoms with Crippen LogP contribution < -0.4 is 0 Å². The van der Waals surface area contributed by atoms with Gasteiger partial charge in [0.05, 0.1) is 17.9 Å². The lowest BCUT2D eigenvalue weighted by molar-refractivity contribution is -0.149. The molecule has 2 heterocycles. The number of rotatable bonds is 5. The van der Waals surface area contributed by atoms with Crippen LogP contribution in [0.4, 0.5) is 4.39 Å². The molecule has 7 nitrogen and oxygen atoms in total. The Hall–Kier alpha value is -2.48. The van der Waals surface area contributed by atoms with E-state index < -0.39 is 24.1 Å². The molecule has 0 bridgehead atoms. The van der Waals surface area contributed by atoms with Crippen molar-refractivity contribution in [2.45, 2.75) is 31.9 Å². The number of hydrogen-bond donors (Lipinski definition) is 1. The van der Waals surface area contributed by atoms with Gasteiger partial charge in [0.15, 0.2) is 5.69 Å². The van der Waals surface area contributed by atoms with E-state index in [-0.39, 0.29) is 18.7 Å². The molecule has 1 aliphatic heterocycles. The van der Waals surface area contributed by atoms with Crippen molar-refractivity contribution in [1.29, 1.82) is 0 Å². The number of amides is 1. The van der Waals surface area contributed by atoms with Gasteiger partial charge >= 0.3 is 5.97 Å². The third-order valence-electron chi connectivity index (χ3n) is 4.40. The van der Waals surface area contributed by atoms with Crippen LogP contribution in [0.1, 0.15) is 35.9 Å². The SMILES string of the molecule is CCCc1c(C(=O)N2CCC(F)(C(=O)O)C2)nnn1-c1cccc(Cl)c1. The van der Waals surface area contributed by atoms with E-state index in [2.05, 4.69) is 10.3 Å². The molecule has 1 aliphatic rings. The van der Waals surface area contributed by atoms with E-state index in [1.807, 2.05) is 6.92 Å². The quantitative estimate of drug-likeness (QED) is 0.861. The first-order valence-electron chi connectivity index (χ1n) is 8.28. The first kappa shape index (κ1) is 18.3. The molecule has 1 saturated heterocycles. The lowest BCUT2D eigenvalue weighted by atomic mass is 10.1. The van der Waals surface area contributed by atoms with Gasteiger partial charge in [-0.25, -0.2) is 13.9 Å². The summed E-state index contributed by atoms with van der Waals surface area (Å²) in [5.74, 6) is -2.06. The van der Waals surface area contributed by atoms with Gasteiger partial charge in [-0.3, -0.25) is 4.79 Å². The van der Waals surface area contributed by atoms with E-state index in [0.29, 0.717) is 22.8 Å². The molecule has 1 aromatic carbocycles. The maximum Gasteiger partial charge on any atom is 0.343 e. The standard InChI is InChI=1S/C17H18ClFN4O3/c1-2-4-13-14(15(24)22-8-7-17(19,10-22)16(25)26)20-21-23(13)12-6-3-5-11(18)9-12/h3,5-6,9H,2,4,7-8,10H2,1H3,(H,25,26). The number of carbonyl (C=O) groups is 2. The number of alkyl halides is 1. The molecule has 1 fully saturated rings. The Morgan fingerprint density at radius 3 is 2.81 bits per heavy atom. The molecule has 1 N–H and O–H groups in total. The van der Waals surface area contributed by atoms with Crippen molar-refractivity contribution in [3.05, 3.63) is 40.7 Å². The van der Waals surface area contributed by atoms with Crippen molar-refractivity contribution in [3.8, 4) is 5.69 Å². The van der Waals surface area contributed by atoms with Crippen LogP contribution in [0.15, 0.2) is 24.3 Å². The molecule has 138 valence electrons. The number of carbonyl (C=O) groups excluding carboxylic acids is 1. The molecule has 1 amide bonds. The van der Waals surface area contributed by atoms with Crippen LogP contribution in [0.5, 0.6) is 0 Å². The first-order valence-corrected chi connectivity index (χ1v) is 8.65. The van der Waals surface area contributed by atoms with E-state index in [4.69, 9.17) is 16.7 Å². The van der Waals surface area contributed by atoms with Crippen LogP contribution in [0.2, 0.25) is 5.02 Å². The van der Waals surface area contributed by atoms with Crippen molar-refractivity contribution in [2.24, 2.45) is 0 Å². The maximum atomic E-state index is 14.3. The zero-order chi connectivity index (χ0) is 18.9. The van der Waals surface area contributed by atoms with Gasteiger partial charge in [0.1, 0.15) is 0 Å². The number of benzene rings is 1. The molecule has 1 unspecified atom stereocenters. The minimum atomic E-state index is -2.41. The number of hydrogen-bond acceptors (Lipinski definition) is 4. The van der Waals surface area contributed by atoms with Crippen LogP contribution in [-0.2, 0) is 11.2 Å². The number of aliphatic carboxylic acids is 1. The van der Waals surface area contributed by atoms with Crippen LogP contribution in [0.3, 0.4) is 0 Å². The molecular formula is C17H18ClFN4O3. The van der Waals surface area contributed by atoms with E-state index >= 15 is 0 Å². The van der Waals surface area contributed by atoms with Gasteiger partial charge in [-0.05, 0) is 24.6 Å². The number of halogens is 2. The summed E-state index contributed by atoms with van der Waals surface area (Å²) in [7, 11) is 0. The van der Waals surface area contributed by atoms with Crippen LogP contribution >= 0.6 is 11.6 Å². The fourth-order valence-electron chi connectivity index (χ4n) is 3.01. The van der Waals surface area contributed by atoms with Crippen LogP contribution in [0.25, 0.3) is 5.69 Å². The van der Waals surface area contributed by atoms with Crippen molar-refractivity contribution in [3.63, 3.8) is 0 Å². The zero-order valence-corrected chi connectivity index (χ0v) is 14.9. The van der Waals surface area contributed by atoms with Crippen molar-refractivity contribution >= 4 is 23.5 Å². The molecule has 0 aliphatic carbocycles. The number of carboxylic acids is 1. The summed E-state index contributed by atoms with van der Waals surface area (Å²) < 4.78 is 15.8.